The maximum absolute atomic E-state index is 13.3. The zero-order valence-corrected chi connectivity index (χ0v) is 8.59. The van der Waals surface area contributed by atoms with Gasteiger partial charge in [-0.3, -0.25) is 4.79 Å². The maximum Gasteiger partial charge on any atom is 0.303 e. The van der Waals surface area contributed by atoms with Gasteiger partial charge in [-0.2, -0.15) is 0 Å². The van der Waals surface area contributed by atoms with Gasteiger partial charge in [0.1, 0.15) is 5.82 Å². The van der Waals surface area contributed by atoms with Crippen LogP contribution in [-0.2, 0) is 4.79 Å². The number of anilines is 1. The van der Waals surface area contributed by atoms with Crippen LogP contribution >= 0.6 is 0 Å². The van der Waals surface area contributed by atoms with Crippen molar-refractivity contribution in [3.05, 3.63) is 29.6 Å². The lowest BCUT2D eigenvalue weighted by Crippen LogP contribution is -2.07. The number of nitrogens with one attached hydrogen (secondary N) is 1. The Bertz CT molecular complexity index is 332. The molecule has 0 unspecified atom stereocenters. The highest BCUT2D eigenvalue weighted by atomic mass is 19.1. The SMILES string of the molecule is Cc1cccc(F)c1NCCCC(=O)O. The number of halogens is 1. The van der Waals surface area contributed by atoms with Crippen LogP contribution in [0.25, 0.3) is 0 Å². The highest BCUT2D eigenvalue weighted by Crippen LogP contribution is 2.18. The highest BCUT2D eigenvalue weighted by molar-refractivity contribution is 5.66. The molecular weight excluding hydrogens is 197 g/mol. The van der Waals surface area contributed by atoms with E-state index in [0.29, 0.717) is 18.7 Å². The molecule has 4 heteroatoms. The summed E-state index contributed by atoms with van der Waals surface area (Å²) in [7, 11) is 0. The van der Waals surface area contributed by atoms with Crippen molar-refractivity contribution >= 4 is 11.7 Å². The van der Waals surface area contributed by atoms with E-state index in [2.05, 4.69) is 5.32 Å². The second-order valence-electron chi connectivity index (χ2n) is 3.36. The maximum atomic E-state index is 13.3. The van der Waals surface area contributed by atoms with Gasteiger partial charge in [-0.25, -0.2) is 4.39 Å². The predicted octanol–water partition coefficient (Wildman–Crippen LogP) is 2.41. The van der Waals surface area contributed by atoms with Gasteiger partial charge in [0, 0.05) is 13.0 Å². The summed E-state index contributed by atoms with van der Waals surface area (Å²) in [5, 5.41) is 11.3. The summed E-state index contributed by atoms with van der Waals surface area (Å²) in [6, 6.07) is 4.84. The van der Waals surface area contributed by atoms with E-state index in [9.17, 15) is 9.18 Å². The number of benzene rings is 1. The number of rotatable bonds is 5. The van der Waals surface area contributed by atoms with Crippen LogP contribution in [0.4, 0.5) is 10.1 Å². The lowest BCUT2D eigenvalue weighted by molar-refractivity contribution is -0.137. The number of para-hydroxylation sites is 1. The predicted molar refractivity (Wildman–Crippen MR) is 56.5 cm³/mol. The van der Waals surface area contributed by atoms with E-state index in [1.165, 1.54) is 6.07 Å². The van der Waals surface area contributed by atoms with E-state index in [-0.39, 0.29) is 12.2 Å². The van der Waals surface area contributed by atoms with Crippen molar-refractivity contribution in [3.8, 4) is 0 Å². The van der Waals surface area contributed by atoms with Crippen LogP contribution in [-0.4, -0.2) is 17.6 Å². The molecule has 82 valence electrons. The summed E-state index contributed by atoms with van der Waals surface area (Å²) >= 11 is 0. The van der Waals surface area contributed by atoms with Crippen molar-refractivity contribution < 1.29 is 14.3 Å². The van der Waals surface area contributed by atoms with Crippen molar-refractivity contribution in [1.82, 2.24) is 0 Å². The van der Waals surface area contributed by atoms with Crippen LogP contribution in [0.5, 0.6) is 0 Å². The summed E-state index contributed by atoms with van der Waals surface area (Å²) < 4.78 is 13.3. The van der Waals surface area contributed by atoms with Gasteiger partial charge >= 0.3 is 5.97 Å². The average Bonchev–Trinajstić information content (AvgIpc) is 2.15. The fourth-order valence-corrected chi connectivity index (χ4v) is 1.31. The Morgan fingerprint density at radius 1 is 1.53 bits per heavy atom. The third kappa shape index (κ3) is 3.58. The van der Waals surface area contributed by atoms with Crippen molar-refractivity contribution in [2.45, 2.75) is 19.8 Å². The van der Waals surface area contributed by atoms with Crippen molar-refractivity contribution in [2.24, 2.45) is 0 Å². The van der Waals surface area contributed by atoms with E-state index in [1.807, 2.05) is 13.0 Å². The molecule has 3 nitrogen and oxygen atoms in total. The van der Waals surface area contributed by atoms with Crippen LogP contribution < -0.4 is 5.32 Å². The second-order valence-corrected chi connectivity index (χ2v) is 3.36. The molecule has 0 aliphatic heterocycles. The van der Waals surface area contributed by atoms with Gasteiger partial charge in [-0.1, -0.05) is 12.1 Å². The quantitative estimate of drug-likeness (QED) is 0.735. The first-order chi connectivity index (χ1) is 7.11. The lowest BCUT2D eigenvalue weighted by atomic mass is 10.2. The molecule has 0 bridgehead atoms. The van der Waals surface area contributed by atoms with E-state index in [1.54, 1.807) is 6.07 Å². The summed E-state index contributed by atoms with van der Waals surface area (Å²) in [5.41, 5.74) is 1.29. The van der Waals surface area contributed by atoms with E-state index in [0.717, 1.165) is 5.56 Å². The smallest absolute Gasteiger partial charge is 0.303 e. The molecule has 0 fully saturated rings. The number of carbonyl (C=O) groups is 1. The molecule has 1 aromatic carbocycles. The topological polar surface area (TPSA) is 49.3 Å². The zero-order valence-electron chi connectivity index (χ0n) is 8.59. The standard InChI is InChI=1S/C11H14FNO2/c1-8-4-2-5-9(12)11(8)13-7-3-6-10(14)15/h2,4-5,13H,3,6-7H2,1H3,(H,14,15). The van der Waals surface area contributed by atoms with Crippen LogP contribution in [0, 0.1) is 12.7 Å². The molecule has 0 aliphatic carbocycles. The molecule has 0 saturated carbocycles. The Kier molecular flexibility index (Phi) is 4.09. The molecule has 0 aliphatic rings. The number of carboxylic acids is 1. The molecule has 2 N–H and O–H groups in total. The van der Waals surface area contributed by atoms with Crippen molar-refractivity contribution in [1.29, 1.82) is 0 Å². The van der Waals surface area contributed by atoms with E-state index >= 15 is 0 Å². The normalized spacial score (nSPS) is 10.0. The van der Waals surface area contributed by atoms with Gasteiger partial charge in [-0.05, 0) is 25.0 Å². The van der Waals surface area contributed by atoms with Gasteiger partial charge in [0.05, 0.1) is 5.69 Å². The molecule has 0 aromatic heterocycles. The molecule has 0 saturated heterocycles. The Balaban J connectivity index is 2.47. The van der Waals surface area contributed by atoms with Gasteiger partial charge in [0.25, 0.3) is 0 Å². The fourth-order valence-electron chi connectivity index (χ4n) is 1.31. The largest absolute Gasteiger partial charge is 0.481 e. The number of aliphatic carboxylic acids is 1. The van der Waals surface area contributed by atoms with Crippen molar-refractivity contribution in [2.75, 3.05) is 11.9 Å². The highest BCUT2D eigenvalue weighted by Gasteiger charge is 2.04. The van der Waals surface area contributed by atoms with Crippen molar-refractivity contribution in [3.63, 3.8) is 0 Å². The molecule has 1 aromatic rings. The van der Waals surface area contributed by atoms with Gasteiger partial charge in [0.2, 0.25) is 0 Å². The monoisotopic (exact) mass is 211 g/mol. The Morgan fingerprint density at radius 3 is 2.87 bits per heavy atom. The van der Waals surface area contributed by atoms with Gasteiger partial charge < -0.3 is 10.4 Å². The first kappa shape index (κ1) is 11.5. The van der Waals surface area contributed by atoms with Gasteiger partial charge in [-0.15, -0.1) is 0 Å². The fraction of sp³-hybridized carbons (Fsp3) is 0.364. The molecule has 1 rings (SSSR count). The van der Waals surface area contributed by atoms with Crippen LogP contribution in [0.3, 0.4) is 0 Å². The number of hydrogen-bond donors (Lipinski definition) is 2. The minimum atomic E-state index is -0.831. The third-order valence-corrected chi connectivity index (χ3v) is 2.09. The number of carboxylic acid groups (broad SMARTS) is 1. The van der Waals surface area contributed by atoms with E-state index < -0.39 is 5.97 Å². The molecule has 0 amide bonds. The second kappa shape index (κ2) is 5.34. The third-order valence-electron chi connectivity index (χ3n) is 2.09. The summed E-state index contributed by atoms with van der Waals surface area (Å²) in [4.78, 5) is 10.2. The summed E-state index contributed by atoms with van der Waals surface area (Å²) in [6.07, 6.45) is 0.587. The molecule has 0 spiro atoms. The first-order valence-corrected chi connectivity index (χ1v) is 4.82. The van der Waals surface area contributed by atoms with E-state index in [4.69, 9.17) is 5.11 Å². The molecule has 15 heavy (non-hydrogen) atoms. The lowest BCUT2D eigenvalue weighted by Gasteiger charge is -2.09. The zero-order chi connectivity index (χ0) is 11.3. The Hall–Kier alpha value is -1.58. The van der Waals surface area contributed by atoms with Crippen LogP contribution in [0.1, 0.15) is 18.4 Å². The Labute approximate surface area is 87.9 Å². The Morgan fingerprint density at radius 2 is 2.27 bits per heavy atom. The van der Waals surface area contributed by atoms with Crippen LogP contribution in [0.2, 0.25) is 0 Å². The molecule has 0 atom stereocenters. The minimum Gasteiger partial charge on any atom is -0.481 e. The molecule has 0 radical (unpaired) electrons. The molecular formula is C11H14FNO2. The summed E-state index contributed by atoms with van der Waals surface area (Å²) in [6.45, 7) is 2.27. The summed E-state index contributed by atoms with van der Waals surface area (Å²) in [5.74, 6) is -1.13. The molecule has 0 heterocycles. The minimum absolute atomic E-state index is 0.0977. The van der Waals surface area contributed by atoms with Gasteiger partial charge in [0.15, 0.2) is 0 Å². The number of hydrogen-bond acceptors (Lipinski definition) is 2. The first-order valence-electron chi connectivity index (χ1n) is 4.82. The number of aryl methyl sites for hydroxylation is 1. The van der Waals surface area contributed by atoms with Crippen LogP contribution in [0.15, 0.2) is 18.2 Å². The average molecular weight is 211 g/mol.